The molecule has 2 aromatic rings. The minimum absolute atomic E-state index is 0.445. The molecule has 2 fully saturated rings. The van der Waals surface area contributed by atoms with Gasteiger partial charge in [0.15, 0.2) is 0 Å². The van der Waals surface area contributed by atoms with Gasteiger partial charge in [0.05, 0.1) is 31.1 Å². The van der Waals surface area contributed by atoms with E-state index in [4.69, 9.17) is 4.74 Å². The van der Waals surface area contributed by atoms with Crippen molar-refractivity contribution in [3.05, 3.63) is 36.4 Å². The fraction of sp³-hybridized carbons (Fsp3) is 0.632. The smallest absolute Gasteiger partial charge is 0.0967 e. The Kier molecular flexibility index (Phi) is 5.45. The number of piperidine rings is 1. The van der Waals surface area contributed by atoms with Crippen LogP contribution in [0.1, 0.15) is 37.9 Å². The number of anilines is 1. The van der Waals surface area contributed by atoms with Crippen LogP contribution < -0.4 is 4.90 Å². The molecule has 0 amide bonds. The third-order valence-electron chi connectivity index (χ3n) is 5.61. The Morgan fingerprint density at radius 1 is 1.15 bits per heavy atom. The van der Waals surface area contributed by atoms with Gasteiger partial charge in [-0.3, -0.25) is 9.88 Å². The Morgan fingerprint density at radius 3 is 2.73 bits per heavy atom. The molecule has 0 spiro atoms. The number of ether oxygens (including phenoxy) is 1. The lowest BCUT2D eigenvalue weighted by molar-refractivity contribution is -0.0132. The Bertz CT molecular complexity index is 682. The van der Waals surface area contributed by atoms with Crippen LogP contribution in [0.5, 0.6) is 0 Å². The van der Waals surface area contributed by atoms with E-state index in [1.807, 2.05) is 12.4 Å². The van der Waals surface area contributed by atoms with E-state index >= 15 is 0 Å². The highest BCUT2D eigenvalue weighted by Crippen LogP contribution is 2.25. The summed E-state index contributed by atoms with van der Waals surface area (Å²) in [6, 6.07) is 5.11. The fourth-order valence-electron chi connectivity index (χ4n) is 3.99. The lowest BCUT2D eigenvalue weighted by Gasteiger charge is -2.34. The molecule has 2 aromatic heterocycles. The number of rotatable bonds is 5. The summed E-state index contributed by atoms with van der Waals surface area (Å²) < 4.78 is 7.68. The Hall–Kier alpha value is -1.99. The monoisotopic (exact) mass is 356 g/mol. The lowest BCUT2D eigenvalue weighted by atomic mass is 10.0. The summed E-state index contributed by atoms with van der Waals surface area (Å²) >= 11 is 0. The van der Waals surface area contributed by atoms with E-state index in [-0.39, 0.29) is 0 Å². The van der Waals surface area contributed by atoms with E-state index in [1.54, 1.807) is 0 Å². The van der Waals surface area contributed by atoms with Crippen LogP contribution in [0.4, 0.5) is 5.69 Å². The molecular formula is C19H28N6O. The molecule has 2 saturated heterocycles. The Morgan fingerprint density at radius 2 is 1.96 bits per heavy atom. The van der Waals surface area contributed by atoms with Crippen LogP contribution in [-0.2, 0) is 11.3 Å². The maximum atomic E-state index is 5.60. The standard InChI is InChI=1S/C19H28N6O/c1-2-17-15-26-12-11-24(17)13-16-14-25(22-21-16)19-5-9-23(10-6-19)18-3-7-20-8-4-18/h3-4,7-8,14,17,19H,2,5-6,9-13,15H2,1H3. The van der Waals surface area contributed by atoms with Gasteiger partial charge in [0.1, 0.15) is 0 Å². The molecule has 0 radical (unpaired) electrons. The minimum Gasteiger partial charge on any atom is -0.378 e. The first-order valence-corrected chi connectivity index (χ1v) is 9.71. The van der Waals surface area contributed by atoms with Gasteiger partial charge in [0.2, 0.25) is 0 Å². The number of hydrogen-bond donors (Lipinski definition) is 0. The molecule has 26 heavy (non-hydrogen) atoms. The maximum absolute atomic E-state index is 5.60. The summed E-state index contributed by atoms with van der Waals surface area (Å²) in [6.45, 7) is 7.82. The molecule has 0 bridgehead atoms. The van der Waals surface area contributed by atoms with Crippen molar-refractivity contribution in [2.45, 2.75) is 44.8 Å². The van der Waals surface area contributed by atoms with Crippen molar-refractivity contribution in [1.29, 1.82) is 0 Å². The van der Waals surface area contributed by atoms with Gasteiger partial charge in [-0.25, -0.2) is 4.68 Å². The van der Waals surface area contributed by atoms with E-state index in [0.717, 1.165) is 64.3 Å². The van der Waals surface area contributed by atoms with Crippen molar-refractivity contribution in [3.63, 3.8) is 0 Å². The lowest BCUT2D eigenvalue weighted by Crippen LogP contribution is -2.44. The zero-order valence-corrected chi connectivity index (χ0v) is 15.5. The van der Waals surface area contributed by atoms with E-state index < -0.39 is 0 Å². The van der Waals surface area contributed by atoms with Crippen molar-refractivity contribution in [2.24, 2.45) is 0 Å². The number of morpholine rings is 1. The second-order valence-electron chi connectivity index (χ2n) is 7.22. The third-order valence-corrected chi connectivity index (χ3v) is 5.61. The van der Waals surface area contributed by atoms with Gasteiger partial charge in [-0.15, -0.1) is 5.10 Å². The second kappa shape index (κ2) is 8.14. The zero-order chi connectivity index (χ0) is 17.8. The molecule has 4 rings (SSSR count). The van der Waals surface area contributed by atoms with Crippen LogP contribution >= 0.6 is 0 Å². The number of hydrogen-bond acceptors (Lipinski definition) is 6. The van der Waals surface area contributed by atoms with Crippen LogP contribution in [0.2, 0.25) is 0 Å². The Balaban J connectivity index is 1.34. The van der Waals surface area contributed by atoms with E-state index in [0.29, 0.717) is 12.1 Å². The van der Waals surface area contributed by atoms with Crippen LogP contribution in [-0.4, -0.2) is 63.8 Å². The van der Waals surface area contributed by atoms with Crippen LogP contribution in [0.25, 0.3) is 0 Å². The van der Waals surface area contributed by atoms with Crippen LogP contribution in [0.3, 0.4) is 0 Å². The largest absolute Gasteiger partial charge is 0.378 e. The van der Waals surface area contributed by atoms with Crippen LogP contribution in [0, 0.1) is 0 Å². The van der Waals surface area contributed by atoms with Gasteiger partial charge in [-0.1, -0.05) is 12.1 Å². The first kappa shape index (κ1) is 17.4. The molecule has 0 saturated carbocycles. The summed E-state index contributed by atoms with van der Waals surface area (Å²) in [5, 5.41) is 8.87. The molecule has 1 unspecified atom stereocenters. The maximum Gasteiger partial charge on any atom is 0.0967 e. The Labute approximate surface area is 155 Å². The van der Waals surface area contributed by atoms with E-state index in [9.17, 15) is 0 Å². The van der Waals surface area contributed by atoms with Gasteiger partial charge in [0.25, 0.3) is 0 Å². The van der Waals surface area contributed by atoms with Crippen molar-refractivity contribution in [2.75, 3.05) is 37.7 Å². The van der Waals surface area contributed by atoms with E-state index in [1.165, 1.54) is 5.69 Å². The van der Waals surface area contributed by atoms with Gasteiger partial charge in [-0.05, 0) is 31.4 Å². The molecule has 2 aliphatic heterocycles. The summed E-state index contributed by atoms with van der Waals surface area (Å²) in [6.07, 6.45) is 9.18. The van der Waals surface area contributed by atoms with Crippen molar-refractivity contribution < 1.29 is 4.74 Å². The first-order valence-electron chi connectivity index (χ1n) is 9.71. The normalized spacial score (nSPS) is 22.7. The van der Waals surface area contributed by atoms with Crippen molar-refractivity contribution >= 4 is 5.69 Å². The first-order chi connectivity index (χ1) is 12.8. The number of pyridine rings is 1. The number of nitrogens with zero attached hydrogens (tertiary/aromatic N) is 6. The SMILES string of the molecule is CCC1COCCN1Cc1cn(C2CCN(c3ccncc3)CC2)nn1. The minimum atomic E-state index is 0.445. The quantitative estimate of drug-likeness (QED) is 0.818. The highest BCUT2D eigenvalue weighted by molar-refractivity contribution is 5.44. The number of aromatic nitrogens is 4. The molecule has 7 heteroatoms. The van der Waals surface area contributed by atoms with Crippen molar-refractivity contribution in [3.8, 4) is 0 Å². The topological polar surface area (TPSA) is 59.3 Å². The van der Waals surface area contributed by atoms with Gasteiger partial charge < -0.3 is 9.64 Å². The average molecular weight is 356 g/mol. The molecular weight excluding hydrogens is 328 g/mol. The summed E-state index contributed by atoms with van der Waals surface area (Å²) in [5.41, 5.74) is 2.33. The average Bonchev–Trinajstić information content (AvgIpc) is 3.18. The van der Waals surface area contributed by atoms with Gasteiger partial charge in [0, 0.05) is 50.3 Å². The molecule has 4 heterocycles. The van der Waals surface area contributed by atoms with Gasteiger partial charge in [-0.2, -0.15) is 0 Å². The van der Waals surface area contributed by atoms with Gasteiger partial charge >= 0.3 is 0 Å². The fourth-order valence-corrected chi connectivity index (χ4v) is 3.99. The second-order valence-corrected chi connectivity index (χ2v) is 7.22. The summed E-state index contributed by atoms with van der Waals surface area (Å²) in [5.74, 6) is 0. The highest BCUT2D eigenvalue weighted by atomic mass is 16.5. The van der Waals surface area contributed by atoms with Crippen molar-refractivity contribution in [1.82, 2.24) is 24.9 Å². The third kappa shape index (κ3) is 3.88. The highest BCUT2D eigenvalue weighted by Gasteiger charge is 2.24. The molecule has 0 aromatic carbocycles. The molecule has 0 N–H and O–H groups in total. The molecule has 0 aliphatic carbocycles. The molecule has 7 nitrogen and oxygen atoms in total. The molecule has 1 atom stereocenters. The predicted octanol–water partition coefficient (Wildman–Crippen LogP) is 2.13. The van der Waals surface area contributed by atoms with E-state index in [2.05, 4.69) is 55.0 Å². The molecule has 140 valence electrons. The summed E-state index contributed by atoms with van der Waals surface area (Å²) in [7, 11) is 0. The zero-order valence-electron chi connectivity index (χ0n) is 15.5. The predicted molar refractivity (Wildman–Crippen MR) is 100 cm³/mol. The summed E-state index contributed by atoms with van der Waals surface area (Å²) in [4.78, 5) is 9.01. The van der Waals surface area contributed by atoms with Crippen LogP contribution in [0.15, 0.2) is 30.7 Å². The molecule has 2 aliphatic rings.